The Bertz CT molecular complexity index is 959. The summed E-state index contributed by atoms with van der Waals surface area (Å²) in [5.41, 5.74) is 1.39. The van der Waals surface area contributed by atoms with Crippen LogP contribution in [-0.2, 0) is 14.8 Å². The summed E-state index contributed by atoms with van der Waals surface area (Å²) < 4.78 is 27.3. The molecule has 1 aromatic carbocycles. The van der Waals surface area contributed by atoms with Crippen LogP contribution in [0.3, 0.4) is 0 Å². The van der Waals surface area contributed by atoms with Crippen LogP contribution in [0.25, 0.3) is 6.08 Å². The van der Waals surface area contributed by atoms with Gasteiger partial charge in [0, 0.05) is 37.1 Å². The second-order valence-corrected chi connectivity index (χ2v) is 9.72. The number of hydrogen-bond acceptors (Lipinski definition) is 5. The number of sulfonamides is 1. The minimum atomic E-state index is -3.60. The monoisotopic (exact) mass is 433 g/mol. The van der Waals surface area contributed by atoms with Crippen LogP contribution in [0.2, 0.25) is 0 Å². The quantitative estimate of drug-likeness (QED) is 0.638. The lowest BCUT2D eigenvalue weighted by atomic mass is 10.2. The summed E-state index contributed by atoms with van der Waals surface area (Å²) in [7, 11) is -3.60. The number of benzene rings is 1. The van der Waals surface area contributed by atoms with Crippen LogP contribution in [-0.4, -0.2) is 44.8 Å². The average Bonchev–Trinajstić information content (AvgIpc) is 3.41. The Kier molecular flexibility index (Phi) is 7.10. The van der Waals surface area contributed by atoms with Gasteiger partial charge in [0.15, 0.2) is 0 Å². The molecule has 1 amide bonds. The van der Waals surface area contributed by atoms with Crippen molar-refractivity contribution >= 4 is 44.7 Å². The van der Waals surface area contributed by atoms with Crippen molar-refractivity contribution in [1.29, 1.82) is 0 Å². The molecule has 0 spiro atoms. The molecule has 1 aliphatic heterocycles. The highest BCUT2D eigenvalue weighted by molar-refractivity contribution is 7.89. The molecule has 1 aromatic heterocycles. The Morgan fingerprint density at radius 3 is 2.55 bits per heavy atom. The third-order valence-corrected chi connectivity index (χ3v) is 7.84. The number of thiophene rings is 1. The van der Waals surface area contributed by atoms with Gasteiger partial charge in [0.05, 0.1) is 16.3 Å². The minimum absolute atomic E-state index is 0.196. The number of nitrogens with one attached hydrogen (secondary N) is 1. The van der Waals surface area contributed by atoms with Gasteiger partial charge in [0.1, 0.15) is 0 Å². The summed E-state index contributed by atoms with van der Waals surface area (Å²) in [4.78, 5) is 15.9. The fourth-order valence-electron chi connectivity index (χ4n) is 3.44. The number of amides is 1. The summed E-state index contributed by atoms with van der Waals surface area (Å²) in [5, 5.41) is 4.84. The molecule has 3 rings (SSSR count). The lowest BCUT2D eigenvalue weighted by molar-refractivity contribution is -0.111. The molecule has 0 aliphatic carbocycles. The largest absolute Gasteiger partial charge is 0.370 e. The second-order valence-electron chi connectivity index (χ2n) is 6.80. The molecule has 2 heterocycles. The zero-order valence-electron chi connectivity index (χ0n) is 16.8. The number of hydrogen-bond donors (Lipinski definition) is 1. The Hall–Kier alpha value is -2.16. The Morgan fingerprint density at radius 2 is 1.93 bits per heavy atom. The van der Waals surface area contributed by atoms with Crippen LogP contribution in [0.5, 0.6) is 0 Å². The summed E-state index contributed by atoms with van der Waals surface area (Å²) in [5.74, 6) is -0.281. The maximum Gasteiger partial charge on any atom is 0.248 e. The summed E-state index contributed by atoms with van der Waals surface area (Å²) in [6, 6.07) is 8.88. The maximum absolute atomic E-state index is 12.9. The lowest BCUT2D eigenvalue weighted by Crippen LogP contribution is -2.31. The van der Waals surface area contributed by atoms with E-state index in [0.717, 1.165) is 36.5 Å². The highest BCUT2D eigenvalue weighted by Crippen LogP contribution is 2.32. The SMILES string of the molecule is CCN(CC)S(=O)(=O)c1ccc(N2CCCC2)c(NC(=O)C=Cc2cccs2)c1. The van der Waals surface area contributed by atoms with Gasteiger partial charge in [-0.2, -0.15) is 4.31 Å². The van der Waals surface area contributed by atoms with E-state index in [1.807, 2.05) is 31.4 Å². The smallest absolute Gasteiger partial charge is 0.248 e. The molecular weight excluding hydrogens is 406 g/mol. The number of anilines is 2. The molecular formula is C21H27N3O3S2. The lowest BCUT2D eigenvalue weighted by Gasteiger charge is -2.24. The molecule has 2 aromatic rings. The average molecular weight is 434 g/mol. The van der Waals surface area contributed by atoms with Crippen LogP contribution >= 0.6 is 11.3 Å². The number of nitrogens with zero attached hydrogens (tertiary/aromatic N) is 2. The van der Waals surface area contributed by atoms with E-state index in [-0.39, 0.29) is 10.8 Å². The molecule has 8 heteroatoms. The van der Waals surface area contributed by atoms with Crippen LogP contribution in [0.4, 0.5) is 11.4 Å². The van der Waals surface area contributed by atoms with E-state index < -0.39 is 10.0 Å². The molecule has 6 nitrogen and oxygen atoms in total. The summed E-state index contributed by atoms with van der Waals surface area (Å²) in [6.07, 6.45) is 5.41. The summed E-state index contributed by atoms with van der Waals surface area (Å²) >= 11 is 1.55. The number of carbonyl (C=O) groups is 1. The third kappa shape index (κ3) is 5.07. The van der Waals surface area contributed by atoms with Crippen molar-refractivity contribution < 1.29 is 13.2 Å². The molecule has 1 N–H and O–H groups in total. The van der Waals surface area contributed by atoms with Crippen molar-refractivity contribution in [3.63, 3.8) is 0 Å². The molecule has 1 fully saturated rings. The first-order chi connectivity index (χ1) is 14.0. The zero-order valence-corrected chi connectivity index (χ0v) is 18.4. The van der Waals surface area contributed by atoms with Gasteiger partial charge in [-0.15, -0.1) is 11.3 Å². The predicted octanol–water partition coefficient (Wildman–Crippen LogP) is 4.03. The van der Waals surface area contributed by atoms with Crippen LogP contribution < -0.4 is 10.2 Å². The van der Waals surface area contributed by atoms with Gasteiger partial charge in [-0.3, -0.25) is 4.79 Å². The van der Waals surface area contributed by atoms with E-state index in [1.54, 1.807) is 35.6 Å². The first-order valence-electron chi connectivity index (χ1n) is 9.87. The molecule has 0 saturated carbocycles. The van der Waals surface area contributed by atoms with E-state index in [2.05, 4.69) is 10.2 Å². The zero-order chi connectivity index (χ0) is 20.9. The van der Waals surface area contributed by atoms with E-state index in [9.17, 15) is 13.2 Å². The highest BCUT2D eigenvalue weighted by atomic mass is 32.2. The molecule has 1 aliphatic rings. The molecule has 0 bridgehead atoms. The van der Waals surface area contributed by atoms with Crippen molar-refractivity contribution in [2.75, 3.05) is 36.4 Å². The minimum Gasteiger partial charge on any atom is -0.370 e. The highest BCUT2D eigenvalue weighted by Gasteiger charge is 2.24. The van der Waals surface area contributed by atoms with Gasteiger partial charge in [-0.1, -0.05) is 19.9 Å². The molecule has 0 radical (unpaired) electrons. The fraction of sp³-hybridized carbons (Fsp3) is 0.381. The topological polar surface area (TPSA) is 69.7 Å². The molecule has 0 atom stereocenters. The van der Waals surface area contributed by atoms with Gasteiger partial charge >= 0.3 is 0 Å². The first kappa shape index (κ1) is 21.5. The first-order valence-corrected chi connectivity index (χ1v) is 12.2. The van der Waals surface area contributed by atoms with Crippen molar-refractivity contribution in [2.45, 2.75) is 31.6 Å². The van der Waals surface area contributed by atoms with Gasteiger partial charge in [-0.05, 0) is 48.6 Å². The van der Waals surface area contributed by atoms with Crippen molar-refractivity contribution in [3.05, 3.63) is 46.7 Å². The molecule has 29 heavy (non-hydrogen) atoms. The van der Waals surface area contributed by atoms with Crippen LogP contribution in [0.1, 0.15) is 31.6 Å². The standard InChI is InChI=1S/C21H27N3O3S2/c1-3-24(4-2)29(26,27)18-10-11-20(23-13-5-6-14-23)19(16-18)22-21(25)12-9-17-8-7-15-28-17/h7-12,15-16H,3-6,13-14H2,1-2H3,(H,22,25). The molecule has 156 valence electrons. The third-order valence-electron chi connectivity index (χ3n) is 4.96. The molecule has 0 unspecified atom stereocenters. The van der Waals surface area contributed by atoms with Crippen LogP contribution in [0, 0.1) is 0 Å². The normalized spacial score (nSPS) is 14.8. The Labute approximate surface area is 176 Å². The van der Waals surface area contributed by atoms with Gasteiger partial charge in [-0.25, -0.2) is 8.42 Å². The Morgan fingerprint density at radius 1 is 1.21 bits per heavy atom. The van der Waals surface area contributed by atoms with Crippen molar-refractivity contribution in [1.82, 2.24) is 4.31 Å². The van der Waals surface area contributed by atoms with E-state index in [1.165, 1.54) is 10.4 Å². The fourth-order valence-corrected chi connectivity index (χ4v) is 5.54. The maximum atomic E-state index is 12.9. The molecule has 1 saturated heterocycles. The summed E-state index contributed by atoms with van der Waals surface area (Å²) in [6.45, 7) is 6.23. The van der Waals surface area contributed by atoms with E-state index >= 15 is 0 Å². The number of rotatable bonds is 8. The van der Waals surface area contributed by atoms with Crippen molar-refractivity contribution in [3.8, 4) is 0 Å². The van der Waals surface area contributed by atoms with E-state index in [0.29, 0.717) is 18.8 Å². The van der Waals surface area contributed by atoms with E-state index in [4.69, 9.17) is 0 Å². The van der Waals surface area contributed by atoms with Crippen molar-refractivity contribution in [2.24, 2.45) is 0 Å². The van der Waals surface area contributed by atoms with Gasteiger partial charge < -0.3 is 10.2 Å². The van der Waals surface area contributed by atoms with Gasteiger partial charge in [0.25, 0.3) is 0 Å². The predicted molar refractivity (Wildman–Crippen MR) is 120 cm³/mol. The number of carbonyl (C=O) groups excluding carboxylic acids is 1. The van der Waals surface area contributed by atoms with Gasteiger partial charge in [0.2, 0.25) is 15.9 Å². The van der Waals surface area contributed by atoms with Crippen LogP contribution in [0.15, 0.2) is 46.7 Å². The Balaban J connectivity index is 1.92. The second kappa shape index (κ2) is 9.56.